The van der Waals surface area contributed by atoms with Gasteiger partial charge in [0.2, 0.25) is 10.0 Å². The predicted molar refractivity (Wildman–Crippen MR) is 85.0 cm³/mol. The molecule has 2 aromatic carbocycles. The van der Waals surface area contributed by atoms with Crippen LogP contribution in [0.4, 0.5) is 0 Å². The maximum atomic E-state index is 12.0. The predicted octanol–water partition coefficient (Wildman–Crippen LogP) is 1.87. The summed E-state index contributed by atoms with van der Waals surface area (Å²) in [7, 11) is -3.74. The molecule has 0 aromatic heterocycles. The number of carbonyl (C=O) groups excluding carboxylic acids is 1. The number of primary sulfonamides is 1. The van der Waals surface area contributed by atoms with Crippen LogP contribution in [0.5, 0.6) is 0 Å². The quantitative estimate of drug-likeness (QED) is 0.882. The van der Waals surface area contributed by atoms with Crippen LogP contribution in [0.2, 0.25) is 0 Å². The number of amides is 1. The Balaban J connectivity index is 1.98. The van der Waals surface area contributed by atoms with E-state index in [0.717, 1.165) is 5.56 Å². The maximum Gasteiger partial charge on any atom is 0.251 e. The Morgan fingerprint density at radius 2 is 1.68 bits per heavy atom. The zero-order chi connectivity index (χ0) is 16.2. The molecule has 0 bridgehead atoms. The molecule has 0 fully saturated rings. The number of hydrogen-bond donors (Lipinski definition) is 2. The van der Waals surface area contributed by atoms with E-state index in [1.54, 1.807) is 0 Å². The summed E-state index contributed by atoms with van der Waals surface area (Å²) in [5.74, 6) is -0.0578. The molecule has 0 radical (unpaired) electrons. The van der Waals surface area contributed by atoms with E-state index in [1.165, 1.54) is 24.3 Å². The molecule has 22 heavy (non-hydrogen) atoms. The van der Waals surface area contributed by atoms with Gasteiger partial charge in [0.1, 0.15) is 0 Å². The van der Waals surface area contributed by atoms with E-state index in [9.17, 15) is 13.2 Å². The molecule has 0 saturated carbocycles. The van der Waals surface area contributed by atoms with E-state index < -0.39 is 10.0 Å². The average molecular weight is 318 g/mol. The normalized spacial score (nSPS) is 12.6. The molecule has 0 aliphatic rings. The van der Waals surface area contributed by atoms with E-state index in [1.807, 2.05) is 37.3 Å². The molecular formula is C16H18N2O3S. The molecule has 1 atom stereocenters. The molecule has 116 valence electrons. The zero-order valence-corrected chi connectivity index (χ0v) is 13.0. The highest BCUT2D eigenvalue weighted by molar-refractivity contribution is 7.89. The molecule has 2 aromatic rings. The highest BCUT2D eigenvalue weighted by Gasteiger charge is 2.11. The van der Waals surface area contributed by atoms with Gasteiger partial charge in [0, 0.05) is 12.1 Å². The highest BCUT2D eigenvalue weighted by Crippen LogP contribution is 2.14. The lowest BCUT2D eigenvalue weighted by molar-refractivity contribution is 0.0951. The first-order chi connectivity index (χ1) is 10.4. The first-order valence-corrected chi connectivity index (χ1v) is 8.38. The van der Waals surface area contributed by atoms with Gasteiger partial charge in [-0.25, -0.2) is 13.6 Å². The molecule has 6 heteroatoms. The number of sulfonamides is 1. The molecule has 0 heterocycles. The minimum absolute atomic E-state index is 0.0123. The summed E-state index contributed by atoms with van der Waals surface area (Å²) in [6.07, 6.45) is 0. The summed E-state index contributed by atoms with van der Waals surface area (Å²) < 4.78 is 22.3. The van der Waals surface area contributed by atoms with E-state index in [0.29, 0.717) is 12.1 Å². The van der Waals surface area contributed by atoms with E-state index in [4.69, 9.17) is 5.14 Å². The summed E-state index contributed by atoms with van der Waals surface area (Å²) in [6, 6.07) is 15.4. The topological polar surface area (TPSA) is 89.3 Å². The first-order valence-electron chi connectivity index (χ1n) is 6.84. The van der Waals surface area contributed by atoms with Crippen LogP contribution in [0.15, 0.2) is 59.5 Å². The first kappa shape index (κ1) is 16.2. The second kappa shape index (κ2) is 6.72. The molecular weight excluding hydrogens is 300 g/mol. The van der Waals surface area contributed by atoms with Gasteiger partial charge in [0.15, 0.2) is 0 Å². The zero-order valence-electron chi connectivity index (χ0n) is 12.2. The Morgan fingerprint density at radius 3 is 2.23 bits per heavy atom. The molecule has 0 aliphatic heterocycles. The number of nitrogens with one attached hydrogen (secondary N) is 1. The van der Waals surface area contributed by atoms with Gasteiger partial charge in [-0.15, -0.1) is 0 Å². The highest BCUT2D eigenvalue weighted by atomic mass is 32.2. The maximum absolute atomic E-state index is 12.0. The van der Waals surface area contributed by atoms with Crippen LogP contribution in [-0.4, -0.2) is 20.9 Å². The van der Waals surface area contributed by atoms with Gasteiger partial charge in [-0.1, -0.05) is 37.3 Å². The Labute approximate surface area is 130 Å². The van der Waals surface area contributed by atoms with Crippen molar-refractivity contribution >= 4 is 15.9 Å². The summed E-state index contributed by atoms with van der Waals surface area (Å²) in [5.41, 5.74) is 1.54. The van der Waals surface area contributed by atoms with Gasteiger partial charge in [-0.2, -0.15) is 0 Å². The molecule has 3 N–H and O–H groups in total. The fourth-order valence-electron chi connectivity index (χ4n) is 2.04. The average Bonchev–Trinajstić information content (AvgIpc) is 2.52. The van der Waals surface area contributed by atoms with Crippen LogP contribution in [-0.2, 0) is 10.0 Å². The van der Waals surface area contributed by atoms with Crippen molar-refractivity contribution in [2.75, 3.05) is 6.54 Å². The molecule has 5 nitrogen and oxygen atoms in total. The molecule has 2 rings (SSSR count). The fourth-order valence-corrected chi connectivity index (χ4v) is 2.56. The Kier molecular flexibility index (Phi) is 4.95. The SMILES string of the molecule is CC(CNC(=O)c1ccc(S(N)(=O)=O)cc1)c1ccccc1. The van der Waals surface area contributed by atoms with Crippen LogP contribution in [0.3, 0.4) is 0 Å². The smallest absolute Gasteiger partial charge is 0.251 e. The van der Waals surface area contributed by atoms with Gasteiger partial charge in [-0.05, 0) is 35.7 Å². The fraction of sp³-hybridized carbons (Fsp3) is 0.188. The second-order valence-corrected chi connectivity index (χ2v) is 6.65. The van der Waals surface area contributed by atoms with Crippen LogP contribution < -0.4 is 10.5 Å². The minimum atomic E-state index is -3.74. The van der Waals surface area contributed by atoms with Crippen molar-refractivity contribution < 1.29 is 13.2 Å². The summed E-state index contributed by atoms with van der Waals surface area (Å²) in [6.45, 7) is 2.53. The standard InChI is InChI=1S/C16H18N2O3S/c1-12(13-5-3-2-4-6-13)11-18-16(19)14-7-9-15(10-8-14)22(17,20)21/h2-10,12H,11H2,1H3,(H,18,19)(H2,17,20,21). The number of rotatable bonds is 5. The lowest BCUT2D eigenvalue weighted by atomic mass is 10.0. The lowest BCUT2D eigenvalue weighted by Crippen LogP contribution is -2.27. The number of hydrogen-bond acceptors (Lipinski definition) is 3. The van der Waals surface area contributed by atoms with Crippen molar-refractivity contribution in [3.63, 3.8) is 0 Å². The van der Waals surface area contributed by atoms with Crippen LogP contribution in [0.1, 0.15) is 28.8 Å². The van der Waals surface area contributed by atoms with Crippen molar-refractivity contribution in [2.24, 2.45) is 5.14 Å². The van der Waals surface area contributed by atoms with E-state index in [2.05, 4.69) is 5.32 Å². The van der Waals surface area contributed by atoms with Crippen molar-refractivity contribution in [1.82, 2.24) is 5.32 Å². The third kappa shape index (κ3) is 4.16. The van der Waals surface area contributed by atoms with Gasteiger partial charge < -0.3 is 5.32 Å². The molecule has 0 spiro atoms. The lowest BCUT2D eigenvalue weighted by Gasteiger charge is -2.13. The van der Waals surface area contributed by atoms with Crippen LogP contribution >= 0.6 is 0 Å². The molecule has 0 aliphatic carbocycles. The van der Waals surface area contributed by atoms with Crippen LogP contribution in [0, 0.1) is 0 Å². The molecule has 1 unspecified atom stereocenters. The van der Waals surface area contributed by atoms with E-state index in [-0.39, 0.29) is 16.7 Å². The Hall–Kier alpha value is -2.18. The summed E-state index contributed by atoms with van der Waals surface area (Å²) in [5, 5.41) is 7.85. The summed E-state index contributed by atoms with van der Waals surface area (Å²) in [4.78, 5) is 12.0. The third-order valence-corrected chi connectivity index (χ3v) is 4.31. The van der Waals surface area contributed by atoms with Gasteiger partial charge in [-0.3, -0.25) is 4.79 Å². The van der Waals surface area contributed by atoms with Crippen molar-refractivity contribution in [2.45, 2.75) is 17.7 Å². The monoisotopic (exact) mass is 318 g/mol. The van der Waals surface area contributed by atoms with Crippen molar-refractivity contribution in [3.05, 3.63) is 65.7 Å². The third-order valence-electron chi connectivity index (χ3n) is 3.38. The molecule has 1 amide bonds. The minimum Gasteiger partial charge on any atom is -0.351 e. The van der Waals surface area contributed by atoms with Crippen LogP contribution in [0.25, 0.3) is 0 Å². The van der Waals surface area contributed by atoms with Crippen molar-refractivity contribution in [1.29, 1.82) is 0 Å². The summed E-state index contributed by atoms with van der Waals surface area (Å²) >= 11 is 0. The number of carbonyl (C=O) groups is 1. The van der Waals surface area contributed by atoms with E-state index >= 15 is 0 Å². The molecule has 0 saturated heterocycles. The van der Waals surface area contributed by atoms with Gasteiger partial charge in [0.05, 0.1) is 4.90 Å². The van der Waals surface area contributed by atoms with Gasteiger partial charge in [0.25, 0.3) is 5.91 Å². The second-order valence-electron chi connectivity index (χ2n) is 5.09. The van der Waals surface area contributed by atoms with Crippen molar-refractivity contribution in [3.8, 4) is 0 Å². The largest absolute Gasteiger partial charge is 0.351 e. The number of nitrogens with two attached hydrogens (primary N) is 1. The number of benzene rings is 2. The Morgan fingerprint density at radius 1 is 1.09 bits per heavy atom. The Bertz CT molecular complexity index is 741. The van der Waals surface area contributed by atoms with Gasteiger partial charge >= 0.3 is 0 Å².